The molecule has 0 unspecified atom stereocenters. The Morgan fingerprint density at radius 3 is 2.65 bits per heavy atom. The molecule has 0 aliphatic rings. The summed E-state index contributed by atoms with van der Waals surface area (Å²) in [6, 6.07) is 13.7. The van der Waals surface area contributed by atoms with Crippen molar-refractivity contribution in [1.82, 2.24) is 24.7 Å². The number of rotatable bonds is 2. The molecule has 23 heavy (non-hydrogen) atoms. The van der Waals surface area contributed by atoms with Gasteiger partial charge in [0.2, 0.25) is 0 Å². The predicted octanol–water partition coefficient (Wildman–Crippen LogP) is 2.39. The van der Waals surface area contributed by atoms with Crippen molar-refractivity contribution in [1.29, 1.82) is 0 Å². The molecule has 0 spiro atoms. The summed E-state index contributed by atoms with van der Waals surface area (Å²) < 4.78 is 1.49. The fourth-order valence-corrected chi connectivity index (χ4v) is 2.55. The summed E-state index contributed by atoms with van der Waals surface area (Å²) >= 11 is 0. The molecule has 0 bridgehead atoms. The lowest BCUT2D eigenvalue weighted by molar-refractivity contribution is 0.869. The van der Waals surface area contributed by atoms with E-state index >= 15 is 0 Å². The van der Waals surface area contributed by atoms with E-state index in [2.05, 4.69) is 20.2 Å². The van der Waals surface area contributed by atoms with Crippen LogP contribution in [0.15, 0.2) is 59.7 Å². The van der Waals surface area contributed by atoms with Crippen molar-refractivity contribution in [2.24, 2.45) is 7.05 Å². The van der Waals surface area contributed by atoms with Gasteiger partial charge in [0.15, 0.2) is 5.82 Å². The van der Waals surface area contributed by atoms with Gasteiger partial charge in [-0.3, -0.25) is 14.5 Å². The minimum atomic E-state index is -0.234. The van der Waals surface area contributed by atoms with Crippen LogP contribution in [0.4, 0.5) is 0 Å². The van der Waals surface area contributed by atoms with Crippen LogP contribution in [0.25, 0.3) is 33.5 Å². The molecule has 3 heterocycles. The number of pyridine rings is 2. The number of fused-ring (bicyclic) bond motifs is 1. The molecule has 0 saturated heterocycles. The number of hydrogen-bond donors (Lipinski definition) is 1. The number of hydrogen-bond acceptors (Lipinski definition) is 4. The van der Waals surface area contributed by atoms with Crippen molar-refractivity contribution >= 4 is 11.0 Å². The predicted molar refractivity (Wildman–Crippen MR) is 87.8 cm³/mol. The molecule has 0 saturated carbocycles. The van der Waals surface area contributed by atoms with E-state index in [1.807, 2.05) is 48.7 Å². The van der Waals surface area contributed by atoms with E-state index in [0.29, 0.717) is 5.82 Å². The van der Waals surface area contributed by atoms with Gasteiger partial charge < -0.3 is 0 Å². The molecule has 0 aliphatic heterocycles. The smallest absolute Gasteiger partial charge is 0.278 e. The average molecular weight is 303 g/mol. The van der Waals surface area contributed by atoms with E-state index in [4.69, 9.17) is 0 Å². The van der Waals surface area contributed by atoms with E-state index in [0.717, 1.165) is 27.7 Å². The van der Waals surface area contributed by atoms with Gasteiger partial charge in [0, 0.05) is 30.6 Å². The van der Waals surface area contributed by atoms with Gasteiger partial charge in [-0.05, 0) is 29.8 Å². The Bertz CT molecular complexity index is 1060. The van der Waals surface area contributed by atoms with Crippen LogP contribution in [0.1, 0.15) is 0 Å². The molecule has 0 amide bonds. The lowest BCUT2D eigenvalue weighted by Gasteiger charge is -2.06. The molecule has 0 radical (unpaired) electrons. The Morgan fingerprint density at radius 2 is 1.83 bits per heavy atom. The van der Waals surface area contributed by atoms with E-state index in [9.17, 15) is 4.79 Å². The highest BCUT2D eigenvalue weighted by atomic mass is 16.1. The maximum Gasteiger partial charge on any atom is 0.343 e. The Labute approximate surface area is 131 Å². The third kappa shape index (κ3) is 2.30. The molecular formula is C17H13N5O. The number of aromatic amines is 1. The first-order chi connectivity index (χ1) is 11.2. The minimum Gasteiger partial charge on any atom is -0.278 e. The number of H-pyrrole nitrogens is 1. The highest BCUT2D eigenvalue weighted by Gasteiger charge is 2.09. The SMILES string of the molecule is Cn1c(-c2cccc(-c3cnc4cccnc4c3)c2)n[nH]c1=O. The minimum absolute atomic E-state index is 0.234. The Kier molecular flexibility index (Phi) is 3.01. The first kappa shape index (κ1) is 13.4. The molecule has 3 aromatic heterocycles. The largest absolute Gasteiger partial charge is 0.343 e. The van der Waals surface area contributed by atoms with E-state index in [-0.39, 0.29) is 5.69 Å². The van der Waals surface area contributed by atoms with Crippen LogP contribution >= 0.6 is 0 Å². The van der Waals surface area contributed by atoms with Gasteiger partial charge in [0.25, 0.3) is 0 Å². The van der Waals surface area contributed by atoms with Crippen LogP contribution in [-0.2, 0) is 7.05 Å². The van der Waals surface area contributed by atoms with Crippen LogP contribution in [0.3, 0.4) is 0 Å². The Balaban J connectivity index is 1.84. The van der Waals surface area contributed by atoms with Gasteiger partial charge in [-0.1, -0.05) is 18.2 Å². The third-order valence-corrected chi connectivity index (χ3v) is 3.79. The van der Waals surface area contributed by atoms with Gasteiger partial charge in [-0.15, -0.1) is 0 Å². The molecule has 112 valence electrons. The number of nitrogens with zero attached hydrogens (tertiary/aromatic N) is 4. The lowest BCUT2D eigenvalue weighted by atomic mass is 10.0. The summed E-state index contributed by atoms with van der Waals surface area (Å²) in [7, 11) is 1.69. The van der Waals surface area contributed by atoms with Crippen molar-refractivity contribution in [3.8, 4) is 22.5 Å². The fourth-order valence-electron chi connectivity index (χ4n) is 2.55. The van der Waals surface area contributed by atoms with Crippen molar-refractivity contribution in [2.45, 2.75) is 0 Å². The second-order valence-electron chi connectivity index (χ2n) is 5.26. The summed E-state index contributed by atoms with van der Waals surface area (Å²) in [5, 5.41) is 6.52. The molecule has 0 atom stereocenters. The number of nitrogens with one attached hydrogen (secondary N) is 1. The van der Waals surface area contributed by atoms with Crippen LogP contribution in [-0.4, -0.2) is 24.7 Å². The molecule has 0 fully saturated rings. The Morgan fingerprint density at radius 1 is 0.957 bits per heavy atom. The maximum absolute atomic E-state index is 11.5. The monoisotopic (exact) mass is 303 g/mol. The molecule has 1 aromatic carbocycles. The maximum atomic E-state index is 11.5. The zero-order valence-corrected chi connectivity index (χ0v) is 12.4. The Hall–Kier alpha value is -3.28. The van der Waals surface area contributed by atoms with Gasteiger partial charge in [0.05, 0.1) is 11.0 Å². The normalized spacial score (nSPS) is 11.0. The van der Waals surface area contributed by atoms with Crippen molar-refractivity contribution < 1.29 is 0 Å². The van der Waals surface area contributed by atoms with E-state index < -0.39 is 0 Å². The number of benzene rings is 1. The van der Waals surface area contributed by atoms with Crippen LogP contribution in [0.5, 0.6) is 0 Å². The third-order valence-electron chi connectivity index (χ3n) is 3.79. The van der Waals surface area contributed by atoms with Gasteiger partial charge in [0.1, 0.15) is 0 Å². The molecule has 1 N–H and O–H groups in total. The van der Waals surface area contributed by atoms with E-state index in [1.54, 1.807) is 13.2 Å². The van der Waals surface area contributed by atoms with Crippen LogP contribution in [0, 0.1) is 0 Å². The zero-order chi connectivity index (χ0) is 15.8. The summed E-state index contributed by atoms with van der Waals surface area (Å²) in [4.78, 5) is 20.3. The molecule has 4 aromatic rings. The molecule has 4 rings (SSSR count). The number of aromatic nitrogens is 5. The second kappa shape index (κ2) is 5.17. The lowest BCUT2D eigenvalue weighted by Crippen LogP contribution is -2.13. The first-order valence-electron chi connectivity index (χ1n) is 7.15. The molecule has 6 nitrogen and oxygen atoms in total. The highest BCUT2D eigenvalue weighted by Crippen LogP contribution is 2.25. The quantitative estimate of drug-likeness (QED) is 0.617. The van der Waals surface area contributed by atoms with E-state index in [1.165, 1.54) is 4.57 Å². The van der Waals surface area contributed by atoms with Crippen LogP contribution < -0.4 is 5.69 Å². The summed E-state index contributed by atoms with van der Waals surface area (Å²) in [5.41, 5.74) is 4.31. The van der Waals surface area contributed by atoms with Gasteiger partial charge in [-0.2, -0.15) is 5.10 Å². The standard InChI is InChI=1S/C17H13N5O/c1-22-16(20-21-17(22)23)12-5-2-4-11(8-12)13-9-15-14(19-10-13)6-3-7-18-15/h2-10H,1H3,(H,21,23). The highest BCUT2D eigenvalue weighted by molar-refractivity contribution is 5.80. The van der Waals surface area contributed by atoms with Crippen molar-refractivity contribution in [3.63, 3.8) is 0 Å². The second-order valence-corrected chi connectivity index (χ2v) is 5.26. The molecule has 6 heteroatoms. The summed E-state index contributed by atoms with van der Waals surface area (Å²) in [6.07, 6.45) is 3.58. The summed E-state index contributed by atoms with van der Waals surface area (Å²) in [5.74, 6) is 0.601. The topological polar surface area (TPSA) is 76.5 Å². The fraction of sp³-hybridized carbons (Fsp3) is 0.0588. The van der Waals surface area contributed by atoms with Crippen molar-refractivity contribution in [3.05, 3.63) is 65.3 Å². The van der Waals surface area contributed by atoms with Crippen molar-refractivity contribution in [2.75, 3.05) is 0 Å². The van der Waals surface area contributed by atoms with Gasteiger partial charge in [-0.25, -0.2) is 9.89 Å². The average Bonchev–Trinajstić information content (AvgIpc) is 2.94. The molecular weight excluding hydrogens is 290 g/mol. The molecule has 0 aliphatic carbocycles. The first-order valence-corrected chi connectivity index (χ1v) is 7.15. The van der Waals surface area contributed by atoms with Gasteiger partial charge >= 0.3 is 5.69 Å². The summed E-state index contributed by atoms with van der Waals surface area (Å²) in [6.45, 7) is 0. The van der Waals surface area contributed by atoms with Crippen LogP contribution in [0.2, 0.25) is 0 Å². The zero-order valence-electron chi connectivity index (χ0n) is 12.4.